The molecule has 0 bridgehead atoms. The predicted octanol–water partition coefficient (Wildman–Crippen LogP) is 2.02. The Labute approximate surface area is 83.6 Å². The van der Waals surface area contributed by atoms with Crippen LogP contribution in [0.4, 0.5) is 0 Å². The molecule has 0 unspecified atom stereocenters. The summed E-state index contributed by atoms with van der Waals surface area (Å²) >= 11 is 0. The van der Waals surface area contributed by atoms with Crippen LogP contribution >= 0.6 is 0 Å². The highest BCUT2D eigenvalue weighted by atomic mass is 16.4. The fourth-order valence-corrected chi connectivity index (χ4v) is 1.21. The molecule has 0 saturated heterocycles. The van der Waals surface area contributed by atoms with Crippen LogP contribution in [0.3, 0.4) is 0 Å². The van der Waals surface area contributed by atoms with Crippen LogP contribution in [-0.2, 0) is 11.2 Å². The van der Waals surface area contributed by atoms with Crippen molar-refractivity contribution in [3.63, 3.8) is 0 Å². The molecular formula is C12H12O2. The van der Waals surface area contributed by atoms with Gasteiger partial charge in [-0.15, -0.1) is 0 Å². The summed E-state index contributed by atoms with van der Waals surface area (Å²) in [5.41, 5.74) is 2.42. The zero-order valence-corrected chi connectivity index (χ0v) is 8.08. The second-order valence-corrected chi connectivity index (χ2v) is 3.10. The van der Waals surface area contributed by atoms with Crippen LogP contribution in [0.5, 0.6) is 0 Å². The molecule has 2 nitrogen and oxygen atoms in total. The zero-order chi connectivity index (χ0) is 10.4. The first kappa shape index (κ1) is 10.3. The van der Waals surface area contributed by atoms with Gasteiger partial charge in [0.15, 0.2) is 0 Å². The van der Waals surface area contributed by atoms with Crippen molar-refractivity contribution in [2.75, 3.05) is 0 Å². The van der Waals surface area contributed by atoms with Gasteiger partial charge < -0.3 is 5.11 Å². The van der Waals surface area contributed by atoms with E-state index in [1.165, 1.54) is 11.1 Å². The van der Waals surface area contributed by atoms with Gasteiger partial charge in [-0.05, 0) is 18.9 Å². The van der Waals surface area contributed by atoms with Crippen molar-refractivity contribution in [3.05, 3.63) is 35.4 Å². The number of carboxylic acids is 1. The van der Waals surface area contributed by atoms with Gasteiger partial charge in [0, 0.05) is 12.3 Å². The Morgan fingerprint density at radius 1 is 1.50 bits per heavy atom. The first-order valence-electron chi connectivity index (χ1n) is 4.46. The minimum Gasteiger partial charge on any atom is -0.472 e. The van der Waals surface area contributed by atoms with Crippen LogP contribution in [0.2, 0.25) is 0 Å². The Morgan fingerprint density at radius 2 is 2.29 bits per heavy atom. The van der Waals surface area contributed by atoms with Gasteiger partial charge in [0.25, 0.3) is 0 Å². The molecule has 0 aliphatic rings. The van der Waals surface area contributed by atoms with Crippen LogP contribution in [0.25, 0.3) is 0 Å². The maximum Gasteiger partial charge on any atom is 0.381 e. The number of benzene rings is 1. The van der Waals surface area contributed by atoms with E-state index in [2.05, 4.69) is 17.9 Å². The molecule has 1 N–H and O–H groups in total. The van der Waals surface area contributed by atoms with Crippen LogP contribution in [-0.4, -0.2) is 11.1 Å². The number of aliphatic carboxylic acids is 1. The Kier molecular flexibility index (Phi) is 3.75. The van der Waals surface area contributed by atoms with E-state index in [0.29, 0.717) is 6.42 Å². The predicted molar refractivity (Wildman–Crippen MR) is 54.9 cm³/mol. The first-order valence-corrected chi connectivity index (χ1v) is 4.46. The third-order valence-electron chi connectivity index (χ3n) is 1.82. The van der Waals surface area contributed by atoms with E-state index in [-0.39, 0.29) is 0 Å². The summed E-state index contributed by atoms with van der Waals surface area (Å²) in [5, 5.41) is 8.28. The van der Waals surface area contributed by atoms with E-state index in [0.717, 1.165) is 6.42 Å². The number of carbonyl (C=O) groups is 1. The van der Waals surface area contributed by atoms with Gasteiger partial charge in [0.1, 0.15) is 0 Å². The number of carboxylic acid groups (broad SMARTS) is 1. The standard InChI is InChI=1S/C12H12O2/c1-10-5-4-7-11(9-10)6-2-3-8-12(13)14/h4-5,7,9H,2,6H2,1H3,(H,13,14). The normalized spacial score (nSPS) is 8.93. The topological polar surface area (TPSA) is 37.3 Å². The monoisotopic (exact) mass is 188 g/mol. The molecule has 0 heterocycles. The molecule has 14 heavy (non-hydrogen) atoms. The van der Waals surface area contributed by atoms with E-state index in [4.69, 9.17) is 5.11 Å². The van der Waals surface area contributed by atoms with Gasteiger partial charge in [-0.2, -0.15) is 0 Å². The van der Waals surface area contributed by atoms with Gasteiger partial charge >= 0.3 is 5.97 Å². The van der Waals surface area contributed by atoms with Crippen molar-refractivity contribution in [2.24, 2.45) is 0 Å². The number of hydrogen-bond donors (Lipinski definition) is 1. The lowest BCUT2D eigenvalue weighted by Crippen LogP contribution is -1.88. The smallest absolute Gasteiger partial charge is 0.381 e. The van der Waals surface area contributed by atoms with Gasteiger partial charge in [0.2, 0.25) is 0 Å². The van der Waals surface area contributed by atoms with E-state index in [1.807, 2.05) is 25.1 Å². The van der Waals surface area contributed by atoms with E-state index >= 15 is 0 Å². The Morgan fingerprint density at radius 3 is 2.93 bits per heavy atom. The summed E-state index contributed by atoms with van der Waals surface area (Å²) in [6, 6.07) is 8.14. The van der Waals surface area contributed by atoms with E-state index in [1.54, 1.807) is 0 Å². The minimum atomic E-state index is -1.06. The SMILES string of the molecule is Cc1cccc(CCC#CC(=O)O)c1. The lowest BCUT2D eigenvalue weighted by Gasteiger charge is -1.98. The van der Waals surface area contributed by atoms with Crippen molar-refractivity contribution in [1.82, 2.24) is 0 Å². The third-order valence-corrected chi connectivity index (χ3v) is 1.82. The summed E-state index contributed by atoms with van der Waals surface area (Å²) in [6.07, 6.45) is 1.40. The number of hydrogen-bond acceptors (Lipinski definition) is 1. The second-order valence-electron chi connectivity index (χ2n) is 3.10. The average Bonchev–Trinajstić information content (AvgIpc) is 2.12. The summed E-state index contributed by atoms with van der Waals surface area (Å²) in [4.78, 5) is 10.1. The van der Waals surface area contributed by atoms with Crippen LogP contribution in [0.15, 0.2) is 24.3 Å². The van der Waals surface area contributed by atoms with Crippen LogP contribution < -0.4 is 0 Å². The largest absolute Gasteiger partial charge is 0.472 e. The summed E-state index contributed by atoms with van der Waals surface area (Å²) in [7, 11) is 0. The Hall–Kier alpha value is -1.75. The highest BCUT2D eigenvalue weighted by Crippen LogP contribution is 2.05. The van der Waals surface area contributed by atoms with Crippen molar-refractivity contribution in [2.45, 2.75) is 19.8 Å². The summed E-state index contributed by atoms with van der Waals surface area (Å²) in [5.74, 6) is 3.64. The van der Waals surface area contributed by atoms with Gasteiger partial charge in [-0.1, -0.05) is 35.7 Å². The first-order chi connectivity index (χ1) is 6.68. The second kappa shape index (κ2) is 5.08. The van der Waals surface area contributed by atoms with Crippen LogP contribution in [0, 0.1) is 18.8 Å². The zero-order valence-electron chi connectivity index (χ0n) is 8.08. The molecule has 2 heteroatoms. The lowest BCUT2D eigenvalue weighted by molar-refractivity contribution is -0.130. The van der Waals surface area contributed by atoms with Crippen LogP contribution in [0.1, 0.15) is 17.5 Å². The molecule has 0 fully saturated rings. The van der Waals surface area contributed by atoms with Gasteiger partial charge in [-0.25, -0.2) is 4.79 Å². The Bertz CT molecular complexity index is 383. The van der Waals surface area contributed by atoms with Crippen molar-refractivity contribution in [3.8, 4) is 11.8 Å². The lowest BCUT2D eigenvalue weighted by atomic mass is 10.1. The minimum absolute atomic E-state index is 0.593. The summed E-state index contributed by atoms with van der Waals surface area (Å²) in [6.45, 7) is 2.03. The van der Waals surface area contributed by atoms with Crippen molar-refractivity contribution in [1.29, 1.82) is 0 Å². The maximum absolute atomic E-state index is 10.1. The molecule has 0 spiro atoms. The average molecular weight is 188 g/mol. The number of aryl methyl sites for hydroxylation is 2. The fourth-order valence-electron chi connectivity index (χ4n) is 1.21. The molecule has 0 saturated carbocycles. The van der Waals surface area contributed by atoms with Crippen molar-refractivity contribution < 1.29 is 9.90 Å². The molecule has 1 rings (SSSR count). The third kappa shape index (κ3) is 3.77. The summed E-state index contributed by atoms with van der Waals surface area (Å²) < 4.78 is 0. The van der Waals surface area contributed by atoms with E-state index in [9.17, 15) is 4.79 Å². The Balaban J connectivity index is 2.47. The molecule has 0 radical (unpaired) electrons. The quantitative estimate of drug-likeness (QED) is 0.721. The molecule has 1 aromatic carbocycles. The molecular weight excluding hydrogens is 176 g/mol. The highest BCUT2D eigenvalue weighted by molar-refractivity contribution is 5.86. The molecule has 0 aromatic heterocycles. The fraction of sp³-hybridized carbons (Fsp3) is 0.250. The molecule has 1 aromatic rings. The van der Waals surface area contributed by atoms with Crippen molar-refractivity contribution >= 4 is 5.97 Å². The molecule has 0 aliphatic heterocycles. The molecule has 0 aliphatic carbocycles. The number of rotatable bonds is 2. The van der Waals surface area contributed by atoms with E-state index < -0.39 is 5.97 Å². The maximum atomic E-state index is 10.1. The molecule has 0 atom stereocenters. The molecule has 72 valence electrons. The van der Waals surface area contributed by atoms with Gasteiger partial charge in [-0.3, -0.25) is 0 Å². The highest BCUT2D eigenvalue weighted by Gasteiger charge is 1.91. The van der Waals surface area contributed by atoms with Gasteiger partial charge in [0.05, 0.1) is 0 Å². The molecule has 0 amide bonds.